The van der Waals surface area contributed by atoms with Crippen LogP contribution in [0.3, 0.4) is 0 Å². The highest BCUT2D eigenvalue weighted by Crippen LogP contribution is 2.56. The van der Waals surface area contributed by atoms with Gasteiger partial charge in [-0.15, -0.1) is 0 Å². The van der Waals surface area contributed by atoms with Crippen molar-refractivity contribution in [2.45, 2.75) is 106 Å². The number of fused-ring (bicyclic) bond motifs is 5. The molecule has 0 radical (unpaired) electrons. The average Bonchev–Trinajstić information content (AvgIpc) is 3.15. The molecule has 2 fully saturated rings. The predicted octanol–water partition coefficient (Wildman–Crippen LogP) is 0.00612. The quantitative estimate of drug-likeness (QED) is 0.182. The highest BCUT2D eigenvalue weighted by atomic mass is 16.7. The van der Waals surface area contributed by atoms with E-state index < -0.39 is 153 Å². The number of ketones is 4. The molecular formula is C39H43NO17. The first-order valence-electron chi connectivity index (χ1n) is 18.2. The maximum atomic E-state index is 14.7. The molecule has 2 aliphatic heterocycles. The summed E-state index contributed by atoms with van der Waals surface area (Å²) in [5.74, 6) is -7.81. The Bertz CT molecular complexity index is 2130. The van der Waals surface area contributed by atoms with Crippen molar-refractivity contribution in [1.82, 2.24) is 5.32 Å². The molecule has 7 N–H and O–H groups in total. The van der Waals surface area contributed by atoms with E-state index >= 15 is 0 Å². The number of aliphatic hydroxyl groups excluding tert-OH is 3. The molecule has 7 rings (SSSR count). The summed E-state index contributed by atoms with van der Waals surface area (Å²) < 4.78 is 33.6. The number of aryl methyl sites for hydroxylation is 1. The standard InChI is InChI=1S/C39H43NO17/c1-13-9-16-10-22(43)39(54-6)35(49)26-18(34(48)38(39,51)27(16)30(46)24(13)37(50)53-5)11-17-25(29(26)45)21(42)12-19(28(17)44)40-36-33(52-4)31(47)32(15(3)56-36)57-23-8-7-20(41)14(2)55-23/h9,11-12,14-15,20,22-23,31-33,36,40-41,43,45-47,51H,7-8,10H2,1-6H3/t14?,15-,20-,22+,23?,31+,32-,33+,36?,38-,39+/m0/s1. The van der Waals surface area contributed by atoms with Crippen LogP contribution in [0.5, 0.6) is 11.5 Å². The molecular weight excluding hydrogens is 754 g/mol. The molecule has 11 atom stereocenters. The first-order chi connectivity index (χ1) is 26.9. The zero-order chi connectivity index (χ0) is 41.6. The van der Waals surface area contributed by atoms with Gasteiger partial charge in [-0.3, -0.25) is 19.2 Å². The van der Waals surface area contributed by atoms with Gasteiger partial charge in [-0.1, -0.05) is 6.07 Å². The maximum absolute atomic E-state index is 14.7. The fraction of sp³-hybridized carbons (Fsp3) is 0.513. The van der Waals surface area contributed by atoms with E-state index in [1.165, 1.54) is 20.1 Å². The van der Waals surface area contributed by atoms with E-state index in [1.54, 1.807) is 13.8 Å². The van der Waals surface area contributed by atoms with Crippen molar-refractivity contribution in [3.05, 3.63) is 68.4 Å². The van der Waals surface area contributed by atoms with Crippen LogP contribution in [0, 0.1) is 6.92 Å². The third-order valence-electron chi connectivity index (χ3n) is 11.8. The number of phenolic OH excluding ortho intramolecular Hbond substituents is 2. The summed E-state index contributed by atoms with van der Waals surface area (Å²) >= 11 is 0. The Kier molecular flexibility index (Phi) is 10.2. The number of aliphatic hydroxyl groups is 4. The first-order valence-corrected chi connectivity index (χ1v) is 18.2. The number of allylic oxidation sites excluding steroid dienone is 2. The van der Waals surface area contributed by atoms with E-state index in [4.69, 9.17) is 28.4 Å². The number of carbonyl (C=O) groups excluding carboxylic acids is 5. The Morgan fingerprint density at radius 1 is 0.895 bits per heavy atom. The fourth-order valence-corrected chi connectivity index (χ4v) is 8.92. The van der Waals surface area contributed by atoms with Gasteiger partial charge in [-0.05, 0) is 44.4 Å². The van der Waals surface area contributed by atoms with Crippen molar-refractivity contribution in [3.63, 3.8) is 0 Å². The molecule has 3 unspecified atom stereocenters. The van der Waals surface area contributed by atoms with Gasteiger partial charge in [0.2, 0.25) is 17.3 Å². The van der Waals surface area contributed by atoms with E-state index in [1.807, 2.05) is 0 Å². The Morgan fingerprint density at radius 2 is 1.60 bits per heavy atom. The molecule has 0 amide bonds. The number of benzene rings is 2. The van der Waals surface area contributed by atoms with Gasteiger partial charge in [0.05, 0.1) is 48.3 Å². The molecule has 0 spiro atoms. The average molecular weight is 798 g/mol. The second-order valence-electron chi connectivity index (χ2n) is 14.9. The molecule has 2 heterocycles. The molecule has 0 bridgehead atoms. The summed E-state index contributed by atoms with van der Waals surface area (Å²) in [6.45, 7) is 4.73. The number of rotatable bonds is 7. The lowest BCUT2D eigenvalue weighted by molar-refractivity contribution is -0.299. The summed E-state index contributed by atoms with van der Waals surface area (Å²) in [4.78, 5) is 69.8. The number of hydrogen-bond donors (Lipinski definition) is 7. The van der Waals surface area contributed by atoms with Crippen LogP contribution in [0.1, 0.15) is 95.2 Å². The molecule has 0 saturated carbocycles. The molecule has 18 heteroatoms. The number of hydrogen-bond acceptors (Lipinski definition) is 18. The van der Waals surface area contributed by atoms with Crippen molar-refractivity contribution < 1.29 is 83.0 Å². The number of aromatic hydroxyl groups is 2. The SMILES string of the molecule is COC(=O)c1c(C)cc2c(c1O)[C@]1(O)C(=O)c3cc4c(c(O)c3C(=O)[C@]1(OC)[C@H](O)C2)C(=O)C=C(NC1O[C@@H](C)[C@H](OC2CC[C@H](O)C(C)O2)[C@@H](O)[C@H]1OC)C4=O. The molecule has 2 aromatic carbocycles. The summed E-state index contributed by atoms with van der Waals surface area (Å²) in [5, 5.41) is 71.2. The summed E-state index contributed by atoms with van der Waals surface area (Å²) in [6, 6.07) is 2.16. The Hall–Kier alpha value is -4.63. The zero-order valence-corrected chi connectivity index (χ0v) is 31.7. The van der Waals surface area contributed by atoms with Crippen LogP contribution in [0.15, 0.2) is 23.9 Å². The largest absolute Gasteiger partial charge is 0.507 e. The van der Waals surface area contributed by atoms with Crippen LogP contribution in [-0.2, 0) is 40.4 Å². The second-order valence-corrected chi connectivity index (χ2v) is 14.9. The van der Waals surface area contributed by atoms with Crippen LogP contribution in [0.4, 0.5) is 0 Å². The smallest absolute Gasteiger partial charge is 0.341 e. The van der Waals surface area contributed by atoms with Gasteiger partial charge in [-0.25, -0.2) is 4.79 Å². The lowest BCUT2D eigenvalue weighted by atomic mass is 9.56. The first kappa shape index (κ1) is 40.6. The molecule has 2 aromatic rings. The van der Waals surface area contributed by atoms with E-state index in [0.29, 0.717) is 12.8 Å². The highest BCUT2D eigenvalue weighted by molar-refractivity contribution is 6.31. The number of esters is 1. The van der Waals surface area contributed by atoms with Crippen LogP contribution in [0.25, 0.3) is 0 Å². The van der Waals surface area contributed by atoms with Gasteiger partial charge < -0.3 is 64.4 Å². The molecule has 3 aliphatic carbocycles. The third kappa shape index (κ3) is 5.69. The summed E-state index contributed by atoms with van der Waals surface area (Å²) in [5.41, 5.74) is -10.4. The fourth-order valence-electron chi connectivity index (χ4n) is 8.92. The van der Waals surface area contributed by atoms with Crippen molar-refractivity contribution in [2.75, 3.05) is 21.3 Å². The molecule has 0 aromatic heterocycles. The van der Waals surface area contributed by atoms with Gasteiger partial charge in [0.25, 0.3) is 0 Å². The van der Waals surface area contributed by atoms with Crippen molar-refractivity contribution >= 4 is 29.1 Å². The van der Waals surface area contributed by atoms with Crippen molar-refractivity contribution in [1.29, 1.82) is 0 Å². The zero-order valence-electron chi connectivity index (χ0n) is 31.7. The monoisotopic (exact) mass is 797 g/mol. The second kappa shape index (κ2) is 14.3. The van der Waals surface area contributed by atoms with E-state index in [2.05, 4.69) is 5.32 Å². The van der Waals surface area contributed by atoms with E-state index in [0.717, 1.165) is 26.4 Å². The number of Topliss-reactive ketones (excluding diaryl/α,β-unsaturated/α-hetero) is 3. The topological polar surface area (TPSA) is 274 Å². The predicted molar refractivity (Wildman–Crippen MR) is 190 cm³/mol. The molecule has 5 aliphatic rings. The van der Waals surface area contributed by atoms with Crippen LogP contribution < -0.4 is 5.32 Å². The minimum atomic E-state index is -3.26. The normalized spacial score (nSPS) is 34.8. The van der Waals surface area contributed by atoms with Crippen LogP contribution in [-0.4, -0.2) is 142 Å². The van der Waals surface area contributed by atoms with E-state index in [9.17, 15) is 54.6 Å². The minimum absolute atomic E-state index is 0.0170. The van der Waals surface area contributed by atoms with Crippen molar-refractivity contribution in [3.8, 4) is 11.5 Å². The number of carbonyl (C=O) groups is 5. The summed E-state index contributed by atoms with van der Waals surface area (Å²) in [7, 11) is 3.23. The number of phenols is 2. The van der Waals surface area contributed by atoms with Crippen molar-refractivity contribution in [2.24, 2.45) is 0 Å². The van der Waals surface area contributed by atoms with Crippen LogP contribution >= 0.6 is 0 Å². The van der Waals surface area contributed by atoms with Gasteiger partial charge in [0.1, 0.15) is 35.4 Å². The minimum Gasteiger partial charge on any atom is -0.507 e. The number of ether oxygens (including phenoxy) is 6. The Balaban J connectivity index is 1.26. The molecule has 306 valence electrons. The molecule has 18 nitrogen and oxygen atoms in total. The lowest BCUT2D eigenvalue weighted by Crippen LogP contribution is -2.73. The third-order valence-corrected chi connectivity index (χ3v) is 11.8. The summed E-state index contributed by atoms with van der Waals surface area (Å²) in [6.07, 6.45) is -8.46. The maximum Gasteiger partial charge on any atom is 0.341 e. The number of methoxy groups -OCH3 is 3. The van der Waals surface area contributed by atoms with Gasteiger partial charge in [0.15, 0.2) is 29.5 Å². The van der Waals surface area contributed by atoms with Gasteiger partial charge >= 0.3 is 5.97 Å². The Morgan fingerprint density at radius 3 is 2.23 bits per heavy atom. The van der Waals surface area contributed by atoms with Gasteiger partial charge in [0, 0.05) is 49.8 Å². The molecule has 2 saturated heterocycles. The Labute approximate surface area is 324 Å². The lowest BCUT2D eigenvalue weighted by Gasteiger charge is -2.52. The highest BCUT2D eigenvalue weighted by Gasteiger charge is 2.72. The van der Waals surface area contributed by atoms with E-state index in [-0.39, 0.29) is 11.1 Å². The van der Waals surface area contributed by atoms with Crippen LogP contribution in [0.2, 0.25) is 0 Å². The van der Waals surface area contributed by atoms with Gasteiger partial charge in [-0.2, -0.15) is 0 Å². The molecule has 57 heavy (non-hydrogen) atoms. The number of nitrogens with one attached hydrogen (secondary N) is 1.